The predicted octanol–water partition coefficient (Wildman–Crippen LogP) is 4.27. The van der Waals surface area contributed by atoms with E-state index in [1.807, 2.05) is 0 Å². The first-order valence-corrected chi connectivity index (χ1v) is 12.1. The SMILES string of the molecule is CCCCC[C@H](C)/C=C/[C@H]1[C@H](O)CC(=O)[C@@H]1CCCCCCC(=O)OC(CO)CON=O. The fraction of sp³-hybridized carbons (Fsp3) is 0.833. The summed E-state index contributed by atoms with van der Waals surface area (Å²) in [7, 11) is 0. The van der Waals surface area contributed by atoms with E-state index in [0.29, 0.717) is 12.3 Å². The molecule has 0 radical (unpaired) electrons. The third kappa shape index (κ3) is 11.2. The first kappa shape index (κ1) is 28.2. The number of Topliss-reactive ketones (excluding diaryl/α,β-unsaturated/α-hetero) is 1. The molecule has 0 aliphatic heterocycles. The van der Waals surface area contributed by atoms with Gasteiger partial charge in [-0.2, -0.15) is 0 Å². The quantitative estimate of drug-likeness (QED) is 0.104. The van der Waals surface area contributed by atoms with Crippen molar-refractivity contribution in [1.82, 2.24) is 0 Å². The number of carbonyl (C=O) groups is 2. The fourth-order valence-electron chi connectivity index (χ4n) is 4.19. The Kier molecular flexibility index (Phi) is 14.8. The molecule has 1 fully saturated rings. The molecule has 0 bridgehead atoms. The molecule has 0 heterocycles. The zero-order valence-corrected chi connectivity index (χ0v) is 19.6. The van der Waals surface area contributed by atoms with Crippen molar-refractivity contribution >= 4 is 11.8 Å². The zero-order valence-electron chi connectivity index (χ0n) is 19.6. The Morgan fingerprint density at radius 2 is 1.97 bits per heavy atom. The molecule has 1 saturated carbocycles. The van der Waals surface area contributed by atoms with Gasteiger partial charge in [0.1, 0.15) is 5.78 Å². The van der Waals surface area contributed by atoms with Crippen molar-refractivity contribution in [3.63, 3.8) is 0 Å². The summed E-state index contributed by atoms with van der Waals surface area (Å²) in [6.45, 7) is 3.68. The van der Waals surface area contributed by atoms with Crippen molar-refractivity contribution in [2.45, 2.75) is 96.7 Å². The Morgan fingerprint density at radius 3 is 2.66 bits per heavy atom. The van der Waals surface area contributed by atoms with Crippen LogP contribution in [0, 0.1) is 22.7 Å². The molecule has 8 heteroatoms. The number of unbranched alkanes of at least 4 members (excludes halogenated alkanes) is 5. The molecule has 1 aliphatic rings. The number of allylic oxidation sites excluding steroid dienone is 1. The first-order chi connectivity index (χ1) is 15.4. The van der Waals surface area contributed by atoms with Crippen LogP contribution < -0.4 is 0 Å². The Morgan fingerprint density at radius 1 is 1.22 bits per heavy atom. The lowest BCUT2D eigenvalue weighted by Gasteiger charge is -2.18. The minimum Gasteiger partial charge on any atom is -0.456 e. The average Bonchev–Trinajstić information content (AvgIpc) is 3.04. The number of aliphatic hydroxyl groups is 2. The standard InChI is InChI=1S/C24H41NO7/c1-3-4-7-10-18(2)13-14-21-20(22(27)15-23(21)28)11-8-5-6-9-12-24(29)32-19(16-26)17-31-25-30/h13-14,18-21,23,26,28H,3-12,15-17H2,1-2H3/b14-13+/t18-,19?,20+,21+,23+/m0/s1. The minimum atomic E-state index is -0.889. The van der Waals surface area contributed by atoms with Gasteiger partial charge < -0.3 is 19.8 Å². The number of rotatable bonds is 18. The molecule has 0 spiro atoms. The van der Waals surface area contributed by atoms with Crippen LogP contribution in [0.2, 0.25) is 0 Å². The van der Waals surface area contributed by atoms with E-state index < -0.39 is 24.8 Å². The second-order valence-electron chi connectivity index (χ2n) is 8.90. The van der Waals surface area contributed by atoms with Crippen LogP contribution in [0.4, 0.5) is 0 Å². The van der Waals surface area contributed by atoms with Crippen LogP contribution in [0.1, 0.15) is 84.5 Å². The van der Waals surface area contributed by atoms with E-state index >= 15 is 0 Å². The van der Waals surface area contributed by atoms with E-state index in [4.69, 9.17) is 9.84 Å². The Labute approximate surface area is 191 Å². The molecule has 0 aromatic carbocycles. The van der Waals surface area contributed by atoms with Gasteiger partial charge in [0.15, 0.2) is 18.1 Å². The lowest BCUT2D eigenvalue weighted by molar-refractivity contribution is -0.154. The van der Waals surface area contributed by atoms with Crippen molar-refractivity contribution in [3.05, 3.63) is 17.1 Å². The van der Waals surface area contributed by atoms with E-state index in [-0.39, 0.29) is 37.1 Å². The molecule has 5 atom stereocenters. The molecule has 0 aromatic rings. The van der Waals surface area contributed by atoms with Crippen molar-refractivity contribution in [3.8, 4) is 0 Å². The van der Waals surface area contributed by atoms with Gasteiger partial charge in [-0.25, -0.2) is 0 Å². The number of carbonyl (C=O) groups excluding carboxylic acids is 2. The normalized spacial score (nSPS) is 22.8. The molecule has 8 nitrogen and oxygen atoms in total. The molecule has 0 aromatic heterocycles. The van der Waals surface area contributed by atoms with Gasteiger partial charge in [-0.15, -0.1) is 4.91 Å². The van der Waals surface area contributed by atoms with Crippen LogP contribution in [0.15, 0.2) is 17.5 Å². The molecule has 0 saturated heterocycles. The monoisotopic (exact) mass is 455 g/mol. The Hall–Kier alpha value is -1.80. The van der Waals surface area contributed by atoms with Crippen LogP contribution in [0.5, 0.6) is 0 Å². The predicted molar refractivity (Wildman–Crippen MR) is 121 cm³/mol. The van der Waals surface area contributed by atoms with Crippen molar-refractivity contribution in [2.24, 2.45) is 23.1 Å². The second-order valence-corrected chi connectivity index (χ2v) is 8.90. The smallest absolute Gasteiger partial charge is 0.306 e. The molecular weight excluding hydrogens is 414 g/mol. The Balaban J connectivity index is 2.30. The molecule has 184 valence electrons. The molecule has 2 N–H and O–H groups in total. The van der Waals surface area contributed by atoms with E-state index in [1.165, 1.54) is 19.3 Å². The number of esters is 1. The summed E-state index contributed by atoms with van der Waals surface area (Å²) in [4.78, 5) is 38.3. The summed E-state index contributed by atoms with van der Waals surface area (Å²) >= 11 is 0. The maximum Gasteiger partial charge on any atom is 0.306 e. The van der Waals surface area contributed by atoms with Crippen LogP contribution in [0.25, 0.3) is 0 Å². The lowest BCUT2D eigenvalue weighted by atomic mass is 9.87. The van der Waals surface area contributed by atoms with Gasteiger partial charge in [-0.3, -0.25) is 9.59 Å². The summed E-state index contributed by atoms with van der Waals surface area (Å²) in [6, 6.07) is 0. The minimum absolute atomic E-state index is 0.0930. The second kappa shape index (κ2) is 16.8. The van der Waals surface area contributed by atoms with Gasteiger partial charge in [-0.1, -0.05) is 64.5 Å². The largest absolute Gasteiger partial charge is 0.456 e. The summed E-state index contributed by atoms with van der Waals surface area (Å²) in [6.07, 6.45) is 12.0. The average molecular weight is 456 g/mol. The van der Waals surface area contributed by atoms with E-state index in [9.17, 15) is 19.6 Å². The number of aliphatic hydroxyl groups excluding tert-OH is 2. The van der Waals surface area contributed by atoms with Gasteiger partial charge in [0.25, 0.3) is 0 Å². The van der Waals surface area contributed by atoms with Gasteiger partial charge >= 0.3 is 5.97 Å². The molecule has 0 amide bonds. The molecule has 1 aliphatic carbocycles. The van der Waals surface area contributed by atoms with E-state index in [0.717, 1.165) is 32.1 Å². The van der Waals surface area contributed by atoms with E-state index in [2.05, 4.69) is 36.2 Å². The Bertz CT molecular complexity index is 581. The molecule has 1 rings (SSSR count). The first-order valence-electron chi connectivity index (χ1n) is 12.1. The van der Waals surface area contributed by atoms with Crippen LogP contribution in [-0.4, -0.2) is 47.4 Å². The molecule has 1 unspecified atom stereocenters. The van der Waals surface area contributed by atoms with Gasteiger partial charge in [0, 0.05) is 24.7 Å². The number of hydrogen-bond acceptors (Lipinski definition) is 8. The van der Waals surface area contributed by atoms with Crippen LogP contribution >= 0.6 is 0 Å². The highest BCUT2D eigenvalue weighted by Crippen LogP contribution is 2.34. The highest BCUT2D eigenvalue weighted by Gasteiger charge is 2.39. The number of nitrogens with zero attached hydrogens (tertiary/aromatic N) is 1. The topological polar surface area (TPSA) is 122 Å². The van der Waals surface area contributed by atoms with Crippen LogP contribution in [-0.2, 0) is 19.2 Å². The summed E-state index contributed by atoms with van der Waals surface area (Å²) in [5.74, 6) is -0.0608. The van der Waals surface area contributed by atoms with Gasteiger partial charge in [0.2, 0.25) is 0 Å². The maximum absolute atomic E-state index is 12.4. The van der Waals surface area contributed by atoms with Crippen LogP contribution in [0.3, 0.4) is 0 Å². The highest BCUT2D eigenvalue weighted by atomic mass is 16.7. The third-order valence-corrected chi connectivity index (χ3v) is 6.12. The fourth-order valence-corrected chi connectivity index (χ4v) is 4.19. The summed E-state index contributed by atoms with van der Waals surface area (Å²) in [5.41, 5.74) is 0. The highest BCUT2D eigenvalue weighted by molar-refractivity contribution is 5.84. The zero-order chi connectivity index (χ0) is 23.8. The third-order valence-electron chi connectivity index (χ3n) is 6.12. The number of hydrogen-bond donors (Lipinski definition) is 2. The summed E-state index contributed by atoms with van der Waals surface area (Å²) < 4.78 is 5.01. The van der Waals surface area contributed by atoms with E-state index in [1.54, 1.807) is 0 Å². The number of ketones is 1. The summed E-state index contributed by atoms with van der Waals surface area (Å²) in [5, 5.41) is 21.6. The maximum atomic E-state index is 12.4. The molecule has 32 heavy (non-hydrogen) atoms. The lowest BCUT2D eigenvalue weighted by Crippen LogP contribution is -2.26. The van der Waals surface area contributed by atoms with Crippen molar-refractivity contribution in [2.75, 3.05) is 13.2 Å². The van der Waals surface area contributed by atoms with Gasteiger partial charge in [0.05, 0.1) is 12.7 Å². The van der Waals surface area contributed by atoms with Crippen molar-refractivity contribution < 1.29 is 29.4 Å². The number of ether oxygens (including phenoxy) is 1. The van der Waals surface area contributed by atoms with Gasteiger partial charge in [-0.05, 0) is 25.2 Å². The molecular formula is C24H41NO7. The van der Waals surface area contributed by atoms with Crippen molar-refractivity contribution in [1.29, 1.82) is 0 Å².